The number of nitrogens with zero attached hydrogens (tertiary/aromatic N) is 1. The summed E-state index contributed by atoms with van der Waals surface area (Å²) in [7, 11) is 0. The summed E-state index contributed by atoms with van der Waals surface area (Å²) < 4.78 is 0. The predicted octanol–water partition coefficient (Wildman–Crippen LogP) is 1.97. The van der Waals surface area contributed by atoms with Crippen LogP contribution in [0.25, 0.3) is 0 Å². The fourth-order valence-corrected chi connectivity index (χ4v) is 2.83. The highest BCUT2D eigenvalue weighted by Crippen LogP contribution is 2.59. The second-order valence-electron chi connectivity index (χ2n) is 4.25. The third kappa shape index (κ3) is 0.699. The molecule has 0 unspecified atom stereocenters. The van der Waals surface area contributed by atoms with Crippen LogP contribution in [0.3, 0.4) is 0 Å². The van der Waals surface area contributed by atoms with Gasteiger partial charge >= 0.3 is 0 Å². The maximum Gasteiger partial charge on any atom is 0.268 e. The molecule has 2 aliphatic rings. The van der Waals surface area contributed by atoms with E-state index in [9.17, 15) is 0 Å². The van der Waals surface area contributed by atoms with Crippen molar-refractivity contribution in [1.82, 2.24) is 0 Å². The van der Waals surface area contributed by atoms with Crippen molar-refractivity contribution < 1.29 is 0 Å². The Labute approximate surface area is 62.5 Å². The molecule has 2 fully saturated rings. The van der Waals surface area contributed by atoms with Gasteiger partial charge in [-0.05, 0) is 24.2 Å². The van der Waals surface area contributed by atoms with E-state index < -0.39 is 0 Å². The van der Waals surface area contributed by atoms with Crippen LogP contribution < -0.4 is 0 Å². The largest absolute Gasteiger partial charge is 0.268 e. The second-order valence-corrected chi connectivity index (χ2v) is 4.25. The molecule has 0 aromatic heterocycles. The summed E-state index contributed by atoms with van der Waals surface area (Å²) in [4.78, 5) is 0. The van der Waals surface area contributed by atoms with Crippen LogP contribution in [0.2, 0.25) is 12.6 Å². The van der Waals surface area contributed by atoms with Crippen molar-refractivity contribution in [1.29, 1.82) is 5.26 Å². The van der Waals surface area contributed by atoms with Gasteiger partial charge in [0.05, 0.1) is 0 Å². The van der Waals surface area contributed by atoms with Crippen molar-refractivity contribution >= 4 is 6.71 Å². The smallest absolute Gasteiger partial charge is 0.213 e. The lowest BCUT2D eigenvalue weighted by molar-refractivity contribution is 0.0895. The molecule has 10 heavy (non-hydrogen) atoms. The first-order chi connectivity index (χ1) is 4.74. The highest BCUT2D eigenvalue weighted by molar-refractivity contribution is 6.70. The number of hydrogen-bond acceptors (Lipinski definition) is 1. The van der Waals surface area contributed by atoms with E-state index >= 15 is 0 Å². The lowest BCUT2D eigenvalue weighted by atomic mass is 9.23. The maximum absolute atomic E-state index is 8.55. The highest BCUT2D eigenvalue weighted by atomic mass is 14.5. The lowest BCUT2D eigenvalue weighted by Gasteiger charge is -2.54. The maximum atomic E-state index is 8.55. The van der Waals surface area contributed by atoms with E-state index in [4.69, 9.17) is 5.26 Å². The van der Waals surface area contributed by atoms with Gasteiger partial charge in [-0.2, -0.15) is 0 Å². The van der Waals surface area contributed by atoms with Crippen LogP contribution in [-0.4, -0.2) is 6.71 Å². The second kappa shape index (κ2) is 1.78. The molecule has 1 heterocycles. The first kappa shape index (κ1) is 6.28. The quantitative estimate of drug-likeness (QED) is 0.463. The van der Waals surface area contributed by atoms with Gasteiger partial charge in [0.25, 0.3) is 6.71 Å². The van der Waals surface area contributed by atoms with Crippen LogP contribution in [0.4, 0.5) is 0 Å². The average Bonchev–Trinajstić information content (AvgIpc) is 1.74. The fraction of sp³-hybridized carbons (Fsp3) is 0.875. The van der Waals surface area contributed by atoms with E-state index in [-0.39, 0.29) is 0 Å². The van der Waals surface area contributed by atoms with E-state index in [0.717, 1.165) is 5.92 Å². The van der Waals surface area contributed by atoms with Crippen molar-refractivity contribution in [2.75, 3.05) is 0 Å². The average molecular weight is 133 g/mol. The van der Waals surface area contributed by atoms with Crippen LogP contribution in [0, 0.1) is 22.6 Å². The Balaban J connectivity index is 1.86. The predicted molar refractivity (Wildman–Crippen MR) is 41.8 cm³/mol. The molecule has 1 saturated heterocycles. The summed E-state index contributed by atoms with van der Waals surface area (Å²) in [5, 5.41) is 8.55. The van der Waals surface area contributed by atoms with E-state index in [1.165, 1.54) is 25.5 Å². The number of nitriles is 1. The van der Waals surface area contributed by atoms with Gasteiger partial charge in [-0.15, -0.1) is 0 Å². The Kier molecular flexibility index (Phi) is 1.12. The zero-order chi connectivity index (χ0) is 7.19. The minimum atomic E-state index is 0.410. The normalized spacial score (nSPS) is 29.0. The Bertz CT molecular complexity index is 180. The molecule has 2 heteroatoms. The van der Waals surface area contributed by atoms with E-state index in [1.54, 1.807) is 0 Å². The summed E-state index contributed by atoms with van der Waals surface area (Å²) in [5.41, 5.74) is 0.666. The van der Waals surface area contributed by atoms with Crippen LogP contribution in [0.1, 0.15) is 19.8 Å². The molecule has 1 nitrogen and oxygen atoms in total. The SMILES string of the molecule is CC1CC2(CB(C#N)C2)C1. The van der Waals surface area contributed by atoms with Gasteiger partial charge in [-0.3, -0.25) is 0 Å². The number of hydrogen-bond donors (Lipinski definition) is 0. The summed E-state index contributed by atoms with van der Waals surface area (Å²) in [6, 6.07) is 0. The molecule has 0 aromatic carbocycles. The van der Waals surface area contributed by atoms with Crippen molar-refractivity contribution in [3.8, 4) is 5.97 Å². The van der Waals surface area contributed by atoms with E-state index in [1.807, 2.05) is 0 Å². The number of rotatable bonds is 0. The van der Waals surface area contributed by atoms with Crippen LogP contribution in [0.15, 0.2) is 0 Å². The molecular formula is C8H12BN. The van der Waals surface area contributed by atoms with Crippen LogP contribution in [0.5, 0.6) is 0 Å². The summed E-state index contributed by atoms with van der Waals surface area (Å²) in [6.07, 6.45) is 5.19. The Morgan fingerprint density at radius 3 is 2.50 bits per heavy atom. The van der Waals surface area contributed by atoms with Gasteiger partial charge in [0, 0.05) is 5.97 Å². The molecule has 1 spiro atoms. The molecule has 52 valence electrons. The Hall–Kier alpha value is -0.445. The molecule has 0 N–H and O–H groups in total. The van der Waals surface area contributed by atoms with Gasteiger partial charge in [0.2, 0.25) is 0 Å². The van der Waals surface area contributed by atoms with Gasteiger partial charge in [-0.1, -0.05) is 19.6 Å². The molecule has 1 aliphatic carbocycles. The topological polar surface area (TPSA) is 23.8 Å². The summed E-state index contributed by atoms with van der Waals surface area (Å²) in [6.45, 7) is 2.72. The van der Waals surface area contributed by atoms with Crippen molar-refractivity contribution in [3.05, 3.63) is 0 Å². The molecule has 0 amide bonds. The zero-order valence-electron chi connectivity index (χ0n) is 6.43. The highest BCUT2D eigenvalue weighted by Gasteiger charge is 2.53. The molecule has 0 aromatic rings. The molecule has 0 radical (unpaired) electrons. The van der Waals surface area contributed by atoms with Gasteiger partial charge in [0.15, 0.2) is 0 Å². The van der Waals surface area contributed by atoms with Gasteiger partial charge < -0.3 is 0 Å². The molecule has 0 bridgehead atoms. The first-order valence-corrected chi connectivity index (χ1v) is 4.14. The minimum Gasteiger partial charge on any atom is -0.213 e. The monoisotopic (exact) mass is 133 g/mol. The standard InChI is InChI=1S/C8H12BN/c1-7-2-8(3-7)4-9(5-8)6-10/h7H,2-5H2,1H3. The van der Waals surface area contributed by atoms with Gasteiger partial charge in [0.1, 0.15) is 0 Å². The minimum absolute atomic E-state index is 0.410. The molecular weight excluding hydrogens is 121 g/mol. The molecule has 0 atom stereocenters. The molecule has 1 saturated carbocycles. The lowest BCUT2D eigenvalue weighted by Crippen LogP contribution is -2.49. The third-order valence-electron chi connectivity index (χ3n) is 3.10. The Morgan fingerprint density at radius 2 is 2.10 bits per heavy atom. The van der Waals surface area contributed by atoms with Crippen LogP contribution in [-0.2, 0) is 0 Å². The fourth-order valence-electron chi connectivity index (χ4n) is 2.83. The van der Waals surface area contributed by atoms with E-state index in [0.29, 0.717) is 12.1 Å². The molecule has 1 aliphatic heterocycles. The van der Waals surface area contributed by atoms with Crippen molar-refractivity contribution in [2.45, 2.75) is 32.4 Å². The van der Waals surface area contributed by atoms with Crippen molar-refractivity contribution in [3.63, 3.8) is 0 Å². The summed E-state index contributed by atoms with van der Waals surface area (Å²) >= 11 is 0. The Morgan fingerprint density at radius 1 is 1.50 bits per heavy atom. The van der Waals surface area contributed by atoms with Crippen LogP contribution >= 0.6 is 0 Å². The molecule has 2 rings (SSSR count). The third-order valence-corrected chi connectivity index (χ3v) is 3.10. The van der Waals surface area contributed by atoms with Gasteiger partial charge in [-0.25, -0.2) is 5.26 Å². The summed E-state index contributed by atoms with van der Waals surface area (Å²) in [5.74, 6) is 3.28. The zero-order valence-corrected chi connectivity index (χ0v) is 6.43. The first-order valence-electron chi connectivity index (χ1n) is 4.14. The van der Waals surface area contributed by atoms with Crippen molar-refractivity contribution in [2.24, 2.45) is 11.3 Å². The van der Waals surface area contributed by atoms with E-state index in [2.05, 4.69) is 12.9 Å².